The van der Waals surface area contributed by atoms with E-state index < -0.39 is 0 Å². The molecule has 5 heteroatoms. The van der Waals surface area contributed by atoms with Gasteiger partial charge in [0.05, 0.1) is 23.8 Å². The zero-order valence-corrected chi connectivity index (χ0v) is 15.9. The van der Waals surface area contributed by atoms with Gasteiger partial charge in [0.25, 0.3) is 0 Å². The highest BCUT2D eigenvalue weighted by Gasteiger charge is 2.45. The quantitative estimate of drug-likeness (QED) is 0.737. The van der Waals surface area contributed by atoms with Gasteiger partial charge in [0.15, 0.2) is 0 Å². The first kappa shape index (κ1) is 18.1. The van der Waals surface area contributed by atoms with Crippen LogP contribution in [-0.2, 0) is 16.1 Å². The largest absolute Gasteiger partial charge is 0.306 e. The number of para-hydroxylation sites is 2. The molecule has 1 aliphatic carbocycles. The number of halogens is 1. The molecule has 0 saturated heterocycles. The van der Waals surface area contributed by atoms with E-state index in [1.54, 1.807) is 0 Å². The summed E-state index contributed by atoms with van der Waals surface area (Å²) in [7, 11) is 0. The van der Waals surface area contributed by atoms with E-state index in [-0.39, 0.29) is 36.1 Å². The van der Waals surface area contributed by atoms with Crippen LogP contribution in [0.4, 0.5) is 11.4 Å². The first-order valence-corrected chi connectivity index (χ1v) is 10.1. The molecule has 0 N–H and O–H groups in total. The molecule has 4 nitrogen and oxygen atoms in total. The molecule has 2 aromatic rings. The number of carbonyl (C=O) groups excluding carboxylic acids is 2. The fraction of sp³-hybridized carbons (Fsp3) is 0.364. The molecule has 0 spiro atoms. The Balaban J connectivity index is 1.81. The van der Waals surface area contributed by atoms with Crippen molar-refractivity contribution in [2.75, 3.05) is 15.7 Å². The Hall–Kier alpha value is -2.33. The van der Waals surface area contributed by atoms with E-state index in [1.165, 1.54) is 0 Å². The molecule has 2 amide bonds. The van der Waals surface area contributed by atoms with Crippen molar-refractivity contribution < 1.29 is 9.59 Å². The molecule has 140 valence electrons. The summed E-state index contributed by atoms with van der Waals surface area (Å²) >= 11 is 5.87. The maximum Gasteiger partial charge on any atom is 0.232 e. The van der Waals surface area contributed by atoms with Crippen LogP contribution in [-0.4, -0.2) is 23.7 Å². The summed E-state index contributed by atoms with van der Waals surface area (Å²) in [5.41, 5.74) is 2.71. The average Bonchev–Trinajstić information content (AvgIpc) is 3.13. The fourth-order valence-corrected chi connectivity index (χ4v) is 4.54. The van der Waals surface area contributed by atoms with Crippen molar-refractivity contribution in [3.63, 3.8) is 0 Å². The minimum absolute atomic E-state index is 0.00344. The monoisotopic (exact) mass is 382 g/mol. The van der Waals surface area contributed by atoms with Gasteiger partial charge in [-0.15, -0.1) is 11.6 Å². The number of nitrogens with zero attached hydrogens (tertiary/aromatic N) is 2. The predicted octanol–water partition coefficient (Wildman–Crippen LogP) is 4.36. The summed E-state index contributed by atoms with van der Waals surface area (Å²) < 4.78 is 0. The van der Waals surface area contributed by atoms with Crippen molar-refractivity contribution in [1.82, 2.24) is 0 Å². The number of fused-ring (bicyclic) bond motifs is 2. The number of rotatable bonds is 4. The van der Waals surface area contributed by atoms with Crippen molar-refractivity contribution in [3.05, 3.63) is 60.2 Å². The van der Waals surface area contributed by atoms with Gasteiger partial charge in [-0.05, 0) is 30.5 Å². The van der Waals surface area contributed by atoms with E-state index in [9.17, 15) is 9.59 Å². The van der Waals surface area contributed by atoms with Crippen molar-refractivity contribution in [3.8, 4) is 0 Å². The summed E-state index contributed by atoms with van der Waals surface area (Å²) in [5.74, 6) is 0.260. The lowest BCUT2D eigenvalue weighted by atomic mass is 10.0. The molecule has 2 aromatic carbocycles. The van der Waals surface area contributed by atoms with Gasteiger partial charge in [-0.3, -0.25) is 9.59 Å². The van der Waals surface area contributed by atoms with Gasteiger partial charge < -0.3 is 9.80 Å². The number of alkyl halides is 1. The molecule has 2 atom stereocenters. The summed E-state index contributed by atoms with van der Waals surface area (Å²) in [6.07, 6.45) is 2.93. The SMILES string of the molecule is O=C1[C@H]2CCC[C@H]2N(C(=O)CCCl)c2ccccc2N1Cc1ccccc1. The third-order valence-electron chi connectivity index (χ3n) is 5.59. The molecule has 0 radical (unpaired) electrons. The minimum atomic E-state index is -0.152. The van der Waals surface area contributed by atoms with Crippen LogP contribution in [0.3, 0.4) is 0 Å². The summed E-state index contributed by atoms with van der Waals surface area (Å²) in [4.78, 5) is 30.1. The maximum atomic E-state index is 13.5. The topological polar surface area (TPSA) is 40.6 Å². The van der Waals surface area contributed by atoms with Gasteiger partial charge in [-0.1, -0.05) is 48.9 Å². The van der Waals surface area contributed by atoms with Gasteiger partial charge in [-0.2, -0.15) is 0 Å². The van der Waals surface area contributed by atoms with Crippen LogP contribution in [0.2, 0.25) is 0 Å². The molecule has 27 heavy (non-hydrogen) atoms. The summed E-state index contributed by atoms with van der Waals surface area (Å²) in [5, 5.41) is 0. The van der Waals surface area contributed by atoms with Crippen LogP contribution in [0.1, 0.15) is 31.2 Å². The zero-order valence-electron chi connectivity index (χ0n) is 15.2. The minimum Gasteiger partial charge on any atom is -0.306 e. The second kappa shape index (κ2) is 7.73. The highest BCUT2D eigenvalue weighted by Crippen LogP contribution is 2.43. The molecule has 1 fully saturated rings. The smallest absolute Gasteiger partial charge is 0.232 e. The van der Waals surface area contributed by atoms with Gasteiger partial charge in [0.2, 0.25) is 11.8 Å². The lowest BCUT2D eigenvalue weighted by Gasteiger charge is -2.30. The van der Waals surface area contributed by atoms with Crippen molar-refractivity contribution in [2.45, 2.75) is 38.3 Å². The van der Waals surface area contributed by atoms with E-state index in [0.717, 1.165) is 36.2 Å². The van der Waals surface area contributed by atoms with Gasteiger partial charge >= 0.3 is 0 Å². The Kier molecular flexibility index (Phi) is 5.17. The van der Waals surface area contributed by atoms with E-state index in [4.69, 9.17) is 11.6 Å². The molecular weight excluding hydrogens is 360 g/mol. The second-order valence-corrected chi connectivity index (χ2v) is 7.58. The number of anilines is 2. The molecule has 0 bridgehead atoms. The van der Waals surface area contributed by atoms with E-state index in [0.29, 0.717) is 6.54 Å². The zero-order chi connectivity index (χ0) is 18.8. The first-order valence-electron chi connectivity index (χ1n) is 9.53. The molecule has 1 aliphatic heterocycles. The molecular formula is C22H23ClN2O2. The normalized spacial score (nSPS) is 21.6. The number of benzene rings is 2. The lowest BCUT2D eigenvalue weighted by molar-refractivity contribution is -0.123. The molecule has 0 unspecified atom stereocenters. The van der Waals surface area contributed by atoms with Crippen molar-refractivity contribution >= 4 is 34.8 Å². The number of hydrogen-bond acceptors (Lipinski definition) is 2. The number of hydrogen-bond donors (Lipinski definition) is 0. The third-order valence-corrected chi connectivity index (χ3v) is 5.78. The standard InChI is InChI=1S/C22H23ClN2O2/c23-14-13-21(26)25-18-12-6-9-17(18)22(27)24(15-16-7-2-1-3-8-16)19-10-4-5-11-20(19)25/h1-5,7-8,10-11,17-18H,6,9,12-15H2/t17-,18+/m0/s1. The second-order valence-electron chi connectivity index (χ2n) is 7.21. The maximum absolute atomic E-state index is 13.5. The Bertz CT molecular complexity index is 839. The Morgan fingerprint density at radius 2 is 1.70 bits per heavy atom. The fourth-order valence-electron chi connectivity index (χ4n) is 4.38. The van der Waals surface area contributed by atoms with E-state index in [2.05, 4.69) is 0 Å². The van der Waals surface area contributed by atoms with Gasteiger partial charge in [0, 0.05) is 18.3 Å². The van der Waals surface area contributed by atoms with Crippen LogP contribution >= 0.6 is 11.6 Å². The first-order chi connectivity index (χ1) is 13.2. The Labute approximate surface area is 164 Å². The Morgan fingerprint density at radius 3 is 2.44 bits per heavy atom. The highest BCUT2D eigenvalue weighted by atomic mass is 35.5. The molecule has 1 saturated carbocycles. The number of amides is 2. The van der Waals surface area contributed by atoms with Crippen LogP contribution in [0.5, 0.6) is 0 Å². The van der Waals surface area contributed by atoms with Crippen LogP contribution in [0, 0.1) is 5.92 Å². The highest BCUT2D eigenvalue weighted by molar-refractivity contribution is 6.19. The molecule has 2 aliphatic rings. The lowest BCUT2D eigenvalue weighted by Crippen LogP contribution is -2.45. The van der Waals surface area contributed by atoms with Crippen LogP contribution in [0.15, 0.2) is 54.6 Å². The van der Waals surface area contributed by atoms with Gasteiger partial charge in [-0.25, -0.2) is 0 Å². The predicted molar refractivity (Wildman–Crippen MR) is 108 cm³/mol. The van der Waals surface area contributed by atoms with Crippen molar-refractivity contribution in [1.29, 1.82) is 0 Å². The van der Waals surface area contributed by atoms with Crippen molar-refractivity contribution in [2.24, 2.45) is 5.92 Å². The summed E-state index contributed by atoms with van der Waals surface area (Å²) in [6, 6.07) is 17.7. The third kappa shape index (κ3) is 3.34. The summed E-state index contributed by atoms with van der Waals surface area (Å²) in [6.45, 7) is 0.511. The number of carbonyl (C=O) groups is 2. The molecule has 1 heterocycles. The average molecular weight is 383 g/mol. The van der Waals surface area contributed by atoms with E-state index >= 15 is 0 Å². The van der Waals surface area contributed by atoms with Crippen LogP contribution in [0.25, 0.3) is 0 Å². The van der Waals surface area contributed by atoms with Gasteiger partial charge in [0.1, 0.15) is 0 Å². The van der Waals surface area contributed by atoms with E-state index in [1.807, 2.05) is 64.4 Å². The molecule has 0 aromatic heterocycles. The molecule has 4 rings (SSSR count). The van der Waals surface area contributed by atoms with Crippen LogP contribution < -0.4 is 9.80 Å². The Morgan fingerprint density at radius 1 is 1.00 bits per heavy atom.